The van der Waals surface area contributed by atoms with E-state index in [1.807, 2.05) is 65.6 Å². The quantitative estimate of drug-likeness (QED) is 0.363. The molecule has 0 amide bonds. The molecule has 4 aromatic rings. The normalized spacial score (nSPS) is 11.5. The van der Waals surface area contributed by atoms with Crippen LogP contribution in [0.25, 0.3) is 0 Å². The number of benzene rings is 3. The number of methoxy groups -OCH3 is 2. The minimum atomic E-state index is -0.951. The Morgan fingerprint density at radius 2 is 1.53 bits per heavy atom. The lowest BCUT2D eigenvalue weighted by Crippen LogP contribution is -2.19. The molecule has 0 fully saturated rings. The van der Waals surface area contributed by atoms with E-state index in [2.05, 4.69) is 9.97 Å². The lowest BCUT2D eigenvalue weighted by Gasteiger charge is -2.26. The Morgan fingerprint density at radius 3 is 2.09 bits per heavy atom. The van der Waals surface area contributed by atoms with Gasteiger partial charge in [-0.1, -0.05) is 42.5 Å². The monoisotopic (exact) mass is 455 g/mol. The number of hydrogen-bond acceptors (Lipinski definition) is 6. The summed E-state index contributed by atoms with van der Waals surface area (Å²) in [7, 11) is 3.07. The number of para-hydroxylation sites is 2. The Bertz CT molecular complexity index is 1210. The van der Waals surface area contributed by atoms with Crippen molar-refractivity contribution >= 4 is 23.2 Å². The van der Waals surface area contributed by atoms with Crippen LogP contribution in [0, 0.1) is 0 Å². The molecule has 0 saturated carbocycles. The smallest absolute Gasteiger partial charge is 0.311 e. The van der Waals surface area contributed by atoms with Crippen molar-refractivity contribution in [3.63, 3.8) is 0 Å². The van der Waals surface area contributed by atoms with Gasteiger partial charge in [0.05, 0.1) is 20.1 Å². The van der Waals surface area contributed by atoms with Crippen LogP contribution in [0.1, 0.15) is 17.0 Å². The molecule has 34 heavy (non-hydrogen) atoms. The molecule has 172 valence electrons. The van der Waals surface area contributed by atoms with Crippen LogP contribution in [0.4, 0.5) is 17.2 Å². The fourth-order valence-corrected chi connectivity index (χ4v) is 3.88. The first-order chi connectivity index (χ1) is 16.6. The predicted molar refractivity (Wildman–Crippen MR) is 130 cm³/mol. The lowest BCUT2D eigenvalue weighted by molar-refractivity contribution is -0.138. The molecule has 0 radical (unpaired) electrons. The Morgan fingerprint density at radius 1 is 0.912 bits per heavy atom. The second-order valence-corrected chi connectivity index (χ2v) is 7.59. The first-order valence-corrected chi connectivity index (χ1v) is 10.8. The minimum Gasteiger partial charge on any atom is -0.493 e. The van der Waals surface area contributed by atoms with Gasteiger partial charge < -0.3 is 14.6 Å². The van der Waals surface area contributed by atoms with Gasteiger partial charge in [0.25, 0.3) is 0 Å². The molecule has 1 atom stereocenters. The first kappa shape index (κ1) is 22.8. The molecule has 1 heterocycles. The number of ether oxygens (including phenoxy) is 2. The molecule has 3 aromatic carbocycles. The SMILES string of the molecule is COc1ccc(C(Cc2cncnc2N(c2ccccc2)c2ccccc2)C(=O)O)cc1OC. The molecule has 0 aliphatic carbocycles. The van der Waals surface area contributed by atoms with Crippen LogP contribution in [-0.2, 0) is 11.2 Å². The number of anilines is 3. The highest BCUT2D eigenvalue weighted by atomic mass is 16.5. The zero-order valence-corrected chi connectivity index (χ0v) is 19.0. The van der Waals surface area contributed by atoms with Crippen molar-refractivity contribution in [1.82, 2.24) is 9.97 Å². The summed E-state index contributed by atoms with van der Waals surface area (Å²) in [6, 6.07) is 24.8. The van der Waals surface area contributed by atoms with Crippen LogP contribution < -0.4 is 14.4 Å². The van der Waals surface area contributed by atoms with Crippen LogP contribution in [0.15, 0.2) is 91.4 Å². The second-order valence-electron chi connectivity index (χ2n) is 7.59. The topological polar surface area (TPSA) is 84.8 Å². The number of carbonyl (C=O) groups is 1. The van der Waals surface area contributed by atoms with Gasteiger partial charge in [-0.3, -0.25) is 9.69 Å². The van der Waals surface area contributed by atoms with E-state index in [4.69, 9.17) is 9.47 Å². The molecule has 0 bridgehead atoms. The zero-order chi connectivity index (χ0) is 23.9. The fraction of sp³-hybridized carbons (Fsp3) is 0.148. The van der Waals surface area contributed by atoms with Crippen molar-refractivity contribution in [2.75, 3.05) is 19.1 Å². The van der Waals surface area contributed by atoms with E-state index in [0.717, 1.165) is 11.4 Å². The molecule has 0 saturated heterocycles. The second kappa shape index (κ2) is 10.5. The molecule has 0 aliphatic rings. The van der Waals surface area contributed by atoms with Gasteiger partial charge in [0, 0.05) is 23.1 Å². The number of rotatable bonds is 9. The number of carboxylic acids is 1. The largest absolute Gasteiger partial charge is 0.493 e. The van der Waals surface area contributed by atoms with Gasteiger partial charge in [-0.25, -0.2) is 9.97 Å². The lowest BCUT2D eigenvalue weighted by atomic mass is 9.92. The van der Waals surface area contributed by atoms with E-state index < -0.39 is 11.9 Å². The molecular formula is C27H25N3O4. The molecule has 7 heteroatoms. The van der Waals surface area contributed by atoms with Gasteiger partial charge in [-0.05, 0) is 48.4 Å². The van der Waals surface area contributed by atoms with Crippen molar-refractivity contribution in [3.8, 4) is 11.5 Å². The summed E-state index contributed by atoms with van der Waals surface area (Å²) in [5.74, 6) is -0.144. The number of nitrogens with zero attached hydrogens (tertiary/aromatic N) is 3. The fourth-order valence-electron chi connectivity index (χ4n) is 3.88. The summed E-state index contributed by atoms with van der Waals surface area (Å²) >= 11 is 0. The maximum Gasteiger partial charge on any atom is 0.311 e. The molecule has 7 nitrogen and oxygen atoms in total. The maximum absolute atomic E-state index is 12.4. The Labute approximate surface area is 198 Å². The molecule has 4 rings (SSSR count). The van der Waals surface area contributed by atoms with E-state index in [1.54, 1.807) is 31.5 Å². The van der Waals surface area contributed by atoms with Gasteiger partial charge in [-0.2, -0.15) is 0 Å². The predicted octanol–water partition coefficient (Wildman–Crippen LogP) is 5.37. The van der Waals surface area contributed by atoms with Crippen molar-refractivity contribution in [2.24, 2.45) is 0 Å². The molecular weight excluding hydrogens is 430 g/mol. The third kappa shape index (κ3) is 4.83. The average Bonchev–Trinajstić information content (AvgIpc) is 2.89. The van der Waals surface area contributed by atoms with Crippen molar-refractivity contribution in [1.29, 1.82) is 0 Å². The van der Waals surface area contributed by atoms with Crippen LogP contribution in [0.2, 0.25) is 0 Å². The third-order valence-corrected chi connectivity index (χ3v) is 5.54. The average molecular weight is 456 g/mol. The van der Waals surface area contributed by atoms with Gasteiger partial charge in [0.1, 0.15) is 12.1 Å². The van der Waals surface area contributed by atoms with Crippen LogP contribution in [-0.4, -0.2) is 35.3 Å². The van der Waals surface area contributed by atoms with Crippen LogP contribution in [0.5, 0.6) is 11.5 Å². The number of aromatic nitrogens is 2. The summed E-state index contributed by atoms with van der Waals surface area (Å²) in [5.41, 5.74) is 3.13. The molecule has 1 aromatic heterocycles. The van der Waals surface area contributed by atoms with E-state index in [9.17, 15) is 9.90 Å². The summed E-state index contributed by atoms with van der Waals surface area (Å²) in [6.07, 6.45) is 3.35. The standard InChI is InChI=1S/C27H25N3O4/c1-33-24-14-13-19(16-25(24)34-2)23(27(31)32)15-20-17-28-18-29-26(20)30(21-9-5-3-6-10-21)22-11-7-4-8-12-22/h3-14,16-18,23H,15H2,1-2H3,(H,31,32). The van der Waals surface area contributed by atoms with Crippen LogP contribution in [0.3, 0.4) is 0 Å². The third-order valence-electron chi connectivity index (χ3n) is 5.54. The van der Waals surface area contributed by atoms with E-state index in [0.29, 0.717) is 28.4 Å². The molecule has 1 N–H and O–H groups in total. The van der Waals surface area contributed by atoms with Crippen molar-refractivity contribution < 1.29 is 19.4 Å². The number of hydrogen-bond donors (Lipinski definition) is 1. The van der Waals surface area contributed by atoms with E-state index in [-0.39, 0.29) is 6.42 Å². The van der Waals surface area contributed by atoms with Gasteiger partial charge in [0.15, 0.2) is 11.5 Å². The highest BCUT2D eigenvalue weighted by Gasteiger charge is 2.26. The Kier molecular flexibility index (Phi) is 7.03. The number of carboxylic acid groups (broad SMARTS) is 1. The van der Waals surface area contributed by atoms with E-state index >= 15 is 0 Å². The molecule has 0 aliphatic heterocycles. The number of aliphatic carboxylic acids is 1. The maximum atomic E-state index is 12.4. The van der Waals surface area contributed by atoms with Crippen molar-refractivity contribution in [3.05, 3.63) is 103 Å². The summed E-state index contributed by atoms with van der Waals surface area (Å²) in [6.45, 7) is 0. The van der Waals surface area contributed by atoms with E-state index in [1.165, 1.54) is 13.4 Å². The van der Waals surface area contributed by atoms with Crippen LogP contribution >= 0.6 is 0 Å². The summed E-state index contributed by atoms with van der Waals surface area (Å²) in [4.78, 5) is 23.1. The van der Waals surface area contributed by atoms with Gasteiger partial charge in [-0.15, -0.1) is 0 Å². The zero-order valence-electron chi connectivity index (χ0n) is 19.0. The molecule has 0 spiro atoms. The van der Waals surface area contributed by atoms with Crippen molar-refractivity contribution in [2.45, 2.75) is 12.3 Å². The summed E-state index contributed by atoms with van der Waals surface area (Å²) < 4.78 is 10.7. The first-order valence-electron chi connectivity index (χ1n) is 10.8. The Balaban J connectivity index is 1.78. The van der Waals surface area contributed by atoms with Gasteiger partial charge >= 0.3 is 5.97 Å². The minimum absolute atomic E-state index is 0.192. The van der Waals surface area contributed by atoms with Gasteiger partial charge in [0.2, 0.25) is 0 Å². The highest BCUT2D eigenvalue weighted by Crippen LogP contribution is 2.37. The molecule has 1 unspecified atom stereocenters. The summed E-state index contributed by atoms with van der Waals surface area (Å²) in [5, 5.41) is 10.1. The Hall–Kier alpha value is -4.39. The highest BCUT2D eigenvalue weighted by molar-refractivity contribution is 5.79.